The lowest BCUT2D eigenvalue weighted by Crippen LogP contribution is -2.41. The van der Waals surface area contributed by atoms with E-state index in [0.29, 0.717) is 36.1 Å². The summed E-state index contributed by atoms with van der Waals surface area (Å²) in [4.78, 5) is 15.2. The Morgan fingerprint density at radius 1 is 1.06 bits per heavy atom. The molecule has 0 spiro atoms. The monoisotopic (exact) mass is 443 g/mol. The first kappa shape index (κ1) is 23.3. The number of hydrogen-bond acceptors (Lipinski definition) is 4. The van der Waals surface area contributed by atoms with E-state index >= 15 is 0 Å². The molecule has 1 fully saturated rings. The van der Waals surface area contributed by atoms with Crippen molar-refractivity contribution in [2.75, 3.05) is 31.1 Å². The van der Waals surface area contributed by atoms with Gasteiger partial charge in [-0.25, -0.2) is 8.42 Å². The minimum absolute atomic E-state index is 0.0847. The second kappa shape index (κ2) is 10.3. The van der Waals surface area contributed by atoms with E-state index in [1.165, 1.54) is 0 Å². The minimum atomic E-state index is -3.44. The van der Waals surface area contributed by atoms with Crippen molar-refractivity contribution >= 4 is 21.6 Å². The number of amides is 1. The van der Waals surface area contributed by atoms with Crippen molar-refractivity contribution in [3.8, 4) is 0 Å². The molecule has 1 N–H and O–H groups in total. The third kappa shape index (κ3) is 5.66. The van der Waals surface area contributed by atoms with Gasteiger partial charge in [0, 0.05) is 43.5 Å². The van der Waals surface area contributed by atoms with E-state index in [2.05, 4.69) is 31.0 Å². The van der Waals surface area contributed by atoms with Crippen LogP contribution >= 0.6 is 0 Å². The molecule has 1 aliphatic rings. The molecule has 2 aromatic rings. The Morgan fingerprint density at radius 3 is 2.23 bits per heavy atom. The fraction of sp³-hybridized carbons (Fsp3) is 0.458. The summed E-state index contributed by atoms with van der Waals surface area (Å²) in [5.41, 5.74) is 1.76. The molecule has 1 heterocycles. The van der Waals surface area contributed by atoms with Crippen LogP contribution in [0.5, 0.6) is 0 Å². The highest BCUT2D eigenvalue weighted by Gasteiger charge is 2.29. The smallest absolute Gasteiger partial charge is 0.251 e. The zero-order chi connectivity index (χ0) is 22.4. The number of benzene rings is 2. The van der Waals surface area contributed by atoms with Crippen LogP contribution in [-0.2, 0) is 10.0 Å². The van der Waals surface area contributed by atoms with Crippen LogP contribution < -0.4 is 10.2 Å². The number of hydrogen-bond donors (Lipinski definition) is 1. The van der Waals surface area contributed by atoms with Crippen LogP contribution in [0.1, 0.15) is 44.0 Å². The summed E-state index contributed by atoms with van der Waals surface area (Å²) >= 11 is 0. The molecule has 1 saturated heterocycles. The Morgan fingerprint density at radius 2 is 1.68 bits per heavy atom. The van der Waals surface area contributed by atoms with Gasteiger partial charge >= 0.3 is 0 Å². The molecule has 1 amide bonds. The molecule has 168 valence electrons. The first-order chi connectivity index (χ1) is 14.8. The maximum Gasteiger partial charge on any atom is 0.251 e. The fourth-order valence-corrected chi connectivity index (χ4v) is 5.58. The summed E-state index contributed by atoms with van der Waals surface area (Å²) in [5, 5.41) is 3.02. The maximum atomic E-state index is 12.7. The standard InChI is InChI=1S/C24H33N3O3S/c1-4-27(19(2)3)22-12-10-21(11-13-22)24(28)25-18-20-14-16-26(17-15-20)31(29,30)23-8-6-5-7-9-23/h5-13,19-20H,4,14-18H2,1-3H3,(H,25,28). The van der Waals surface area contributed by atoms with Crippen molar-refractivity contribution in [1.82, 2.24) is 9.62 Å². The Kier molecular flexibility index (Phi) is 7.73. The first-order valence-corrected chi connectivity index (χ1v) is 12.5. The molecule has 0 unspecified atom stereocenters. The van der Waals surface area contributed by atoms with Gasteiger partial charge in [-0.15, -0.1) is 0 Å². The molecule has 0 bridgehead atoms. The van der Waals surface area contributed by atoms with Crippen molar-refractivity contribution in [3.63, 3.8) is 0 Å². The lowest BCUT2D eigenvalue weighted by Gasteiger charge is -2.31. The predicted molar refractivity (Wildman–Crippen MR) is 125 cm³/mol. The second-order valence-electron chi connectivity index (χ2n) is 8.30. The van der Waals surface area contributed by atoms with Crippen molar-refractivity contribution in [1.29, 1.82) is 0 Å². The lowest BCUT2D eigenvalue weighted by molar-refractivity contribution is 0.0941. The summed E-state index contributed by atoms with van der Waals surface area (Å²) in [7, 11) is -3.44. The number of anilines is 1. The molecule has 0 aromatic heterocycles. The van der Waals surface area contributed by atoms with Gasteiger partial charge in [0.25, 0.3) is 5.91 Å². The summed E-state index contributed by atoms with van der Waals surface area (Å²) in [6.45, 7) is 8.87. The zero-order valence-electron chi connectivity index (χ0n) is 18.6. The molecule has 3 rings (SSSR count). The predicted octanol–water partition coefficient (Wildman–Crippen LogP) is 3.75. The van der Waals surface area contributed by atoms with Gasteiger partial charge in [-0.2, -0.15) is 4.31 Å². The van der Waals surface area contributed by atoms with Crippen LogP contribution in [0.25, 0.3) is 0 Å². The Labute approximate surface area is 186 Å². The molecule has 0 atom stereocenters. The molecule has 7 heteroatoms. The van der Waals surface area contributed by atoms with Gasteiger partial charge in [0.2, 0.25) is 10.0 Å². The van der Waals surface area contributed by atoms with Gasteiger partial charge < -0.3 is 10.2 Å². The molecule has 1 aliphatic heterocycles. The van der Waals surface area contributed by atoms with E-state index in [1.54, 1.807) is 28.6 Å². The van der Waals surface area contributed by atoms with Crippen molar-refractivity contribution in [2.24, 2.45) is 5.92 Å². The van der Waals surface area contributed by atoms with E-state index in [1.807, 2.05) is 30.3 Å². The quantitative estimate of drug-likeness (QED) is 0.675. The van der Waals surface area contributed by atoms with Gasteiger partial charge in [-0.1, -0.05) is 18.2 Å². The van der Waals surface area contributed by atoms with Crippen LogP contribution in [0.2, 0.25) is 0 Å². The lowest BCUT2D eigenvalue weighted by atomic mass is 9.98. The summed E-state index contributed by atoms with van der Waals surface area (Å²) in [6, 6.07) is 16.7. The Balaban J connectivity index is 1.50. The molecule has 2 aromatic carbocycles. The highest BCUT2D eigenvalue weighted by molar-refractivity contribution is 7.89. The molecule has 0 aliphatic carbocycles. The van der Waals surface area contributed by atoms with E-state index in [-0.39, 0.29) is 11.8 Å². The Hall–Kier alpha value is -2.38. The summed E-state index contributed by atoms with van der Waals surface area (Å²) in [5.74, 6) is 0.195. The first-order valence-electron chi connectivity index (χ1n) is 11.0. The number of rotatable bonds is 8. The SMILES string of the molecule is CCN(c1ccc(C(=O)NCC2CCN(S(=O)(=O)c3ccccc3)CC2)cc1)C(C)C. The number of sulfonamides is 1. The number of carbonyl (C=O) groups excluding carboxylic acids is 1. The average molecular weight is 444 g/mol. The number of carbonyl (C=O) groups is 1. The van der Waals surface area contributed by atoms with Crippen molar-refractivity contribution in [2.45, 2.75) is 44.6 Å². The maximum absolute atomic E-state index is 12.7. The van der Waals surface area contributed by atoms with E-state index in [9.17, 15) is 13.2 Å². The van der Waals surface area contributed by atoms with E-state index in [0.717, 1.165) is 25.1 Å². The van der Waals surface area contributed by atoms with Gasteiger partial charge in [-0.05, 0) is 75.9 Å². The topological polar surface area (TPSA) is 69.7 Å². The summed E-state index contributed by atoms with van der Waals surface area (Å²) < 4.78 is 27.0. The Bertz CT molecular complexity index is 951. The van der Waals surface area contributed by atoms with Crippen LogP contribution in [-0.4, -0.2) is 50.9 Å². The highest BCUT2D eigenvalue weighted by atomic mass is 32.2. The number of nitrogens with one attached hydrogen (secondary N) is 1. The van der Waals surface area contributed by atoms with Gasteiger partial charge in [0.1, 0.15) is 0 Å². The second-order valence-corrected chi connectivity index (χ2v) is 10.2. The normalized spacial score (nSPS) is 15.7. The number of piperidine rings is 1. The van der Waals surface area contributed by atoms with Gasteiger partial charge in [0.05, 0.1) is 4.90 Å². The minimum Gasteiger partial charge on any atom is -0.369 e. The average Bonchev–Trinajstić information content (AvgIpc) is 2.79. The van der Waals surface area contributed by atoms with E-state index in [4.69, 9.17) is 0 Å². The zero-order valence-corrected chi connectivity index (χ0v) is 19.4. The van der Waals surface area contributed by atoms with E-state index < -0.39 is 10.0 Å². The molecular weight excluding hydrogens is 410 g/mol. The number of nitrogens with zero attached hydrogens (tertiary/aromatic N) is 2. The molecule has 6 nitrogen and oxygen atoms in total. The highest BCUT2D eigenvalue weighted by Crippen LogP contribution is 2.23. The van der Waals surface area contributed by atoms with Crippen LogP contribution in [0.15, 0.2) is 59.5 Å². The van der Waals surface area contributed by atoms with Gasteiger partial charge in [-0.3, -0.25) is 4.79 Å². The van der Waals surface area contributed by atoms with Crippen molar-refractivity contribution in [3.05, 3.63) is 60.2 Å². The molecular formula is C24H33N3O3S. The largest absolute Gasteiger partial charge is 0.369 e. The third-order valence-corrected chi connectivity index (χ3v) is 7.84. The van der Waals surface area contributed by atoms with Crippen LogP contribution in [0, 0.1) is 5.92 Å². The molecule has 0 saturated carbocycles. The summed E-state index contributed by atoms with van der Waals surface area (Å²) in [6.07, 6.45) is 1.48. The van der Waals surface area contributed by atoms with Crippen LogP contribution in [0.3, 0.4) is 0 Å². The van der Waals surface area contributed by atoms with Crippen molar-refractivity contribution < 1.29 is 13.2 Å². The van der Waals surface area contributed by atoms with Gasteiger partial charge in [0.15, 0.2) is 0 Å². The third-order valence-electron chi connectivity index (χ3n) is 5.93. The molecule has 31 heavy (non-hydrogen) atoms. The fourth-order valence-electron chi connectivity index (χ4n) is 4.08. The van der Waals surface area contributed by atoms with Crippen LogP contribution in [0.4, 0.5) is 5.69 Å². The molecule has 0 radical (unpaired) electrons.